The van der Waals surface area contributed by atoms with Crippen LogP contribution in [0.2, 0.25) is 5.02 Å². The van der Waals surface area contributed by atoms with Crippen LogP contribution in [0.4, 0.5) is 23.4 Å². The van der Waals surface area contributed by atoms with Crippen LogP contribution in [0, 0.1) is 5.82 Å². The largest absolute Gasteiger partial charge is 0.417 e. The second-order valence-corrected chi connectivity index (χ2v) is 5.65. The topological polar surface area (TPSA) is 46.9 Å². The summed E-state index contributed by atoms with van der Waals surface area (Å²) in [4.78, 5) is 12.2. The van der Waals surface area contributed by atoms with Crippen LogP contribution in [0.15, 0.2) is 54.7 Å². The lowest BCUT2D eigenvalue weighted by Crippen LogP contribution is -2.19. The smallest absolute Gasteiger partial charge is 0.305 e. The van der Waals surface area contributed by atoms with Crippen molar-refractivity contribution < 1.29 is 22.4 Å². The Hall–Kier alpha value is -2.87. The third-order valence-corrected chi connectivity index (χ3v) is 3.78. The molecule has 0 bridgehead atoms. The highest BCUT2D eigenvalue weighted by atomic mass is 35.5. The van der Waals surface area contributed by atoms with Gasteiger partial charge in [-0.15, -0.1) is 5.10 Å². The molecule has 9 heteroatoms. The maximum Gasteiger partial charge on any atom is 0.417 e. The minimum Gasteiger partial charge on any atom is -0.305 e. The fraction of sp³-hybridized carbons (Fsp3) is 0.0588. The van der Waals surface area contributed by atoms with Crippen LogP contribution in [-0.2, 0) is 6.18 Å². The molecule has 2 aromatic carbocycles. The van der Waals surface area contributed by atoms with Crippen LogP contribution in [0.1, 0.15) is 15.9 Å². The molecular weight excluding hydrogens is 374 g/mol. The number of alkyl halides is 3. The highest BCUT2D eigenvalue weighted by molar-refractivity contribution is 6.32. The van der Waals surface area contributed by atoms with Crippen molar-refractivity contribution in [3.63, 3.8) is 0 Å². The molecular formula is C17H10ClF4N3O. The van der Waals surface area contributed by atoms with Crippen LogP contribution in [0.5, 0.6) is 0 Å². The molecule has 26 heavy (non-hydrogen) atoms. The lowest BCUT2D eigenvalue weighted by atomic mass is 10.1. The summed E-state index contributed by atoms with van der Waals surface area (Å²) < 4.78 is 53.6. The van der Waals surface area contributed by atoms with Gasteiger partial charge in [-0.2, -0.15) is 13.2 Å². The number of halogens is 5. The second-order valence-electron chi connectivity index (χ2n) is 5.24. The SMILES string of the molecule is O=C(Nc1ccn(-c2ccccc2Cl)n1)c1ccc(F)cc1C(F)(F)F. The van der Waals surface area contributed by atoms with Crippen molar-refractivity contribution in [1.82, 2.24) is 9.78 Å². The third kappa shape index (κ3) is 3.70. The molecule has 3 rings (SSSR count). The molecule has 0 fully saturated rings. The highest BCUT2D eigenvalue weighted by Crippen LogP contribution is 2.33. The summed E-state index contributed by atoms with van der Waals surface area (Å²) in [6.45, 7) is 0. The fourth-order valence-corrected chi connectivity index (χ4v) is 2.52. The minimum atomic E-state index is -4.87. The van der Waals surface area contributed by atoms with Gasteiger partial charge < -0.3 is 5.32 Å². The predicted octanol–water partition coefficient (Wildman–Crippen LogP) is 4.94. The number of rotatable bonds is 3. The lowest BCUT2D eigenvalue weighted by Gasteiger charge is -2.12. The van der Waals surface area contributed by atoms with Crippen molar-refractivity contribution in [3.05, 3.63) is 76.7 Å². The molecule has 0 radical (unpaired) electrons. The number of carbonyl (C=O) groups is 1. The van der Waals surface area contributed by atoms with E-state index in [0.29, 0.717) is 10.7 Å². The number of para-hydroxylation sites is 1. The van der Waals surface area contributed by atoms with Crippen molar-refractivity contribution in [3.8, 4) is 5.69 Å². The zero-order chi connectivity index (χ0) is 18.9. The van der Waals surface area contributed by atoms with Crippen molar-refractivity contribution in [2.24, 2.45) is 0 Å². The average molecular weight is 384 g/mol. The second kappa shape index (κ2) is 6.80. The summed E-state index contributed by atoms with van der Waals surface area (Å²) in [5.41, 5.74) is -1.53. The van der Waals surface area contributed by atoms with Gasteiger partial charge in [0, 0.05) is 12.3 Å². The van der Waals surface area contributed by atoms with E-state index >= 15 is 0 Å². The van der Waals surface area contributed by atoms with E-state index in [1.165, 1.54) is 16.9 Å². The number of nitrogens with zero attached hydrogens (tertiary/aromatic N) is 2. The molecule has 1 aromatic heterocycles. The minimum absolute atomic E-state index is 0.0207. The summed E-state index contributed by atoms with van der Waals surface area (Å²) in [6, 6.07) is 10.0. The molecule has 134 valence electrons. The molecule has 0 unspecified atom stereocenters. The summed E-state index contributed by atoms with van der Waals surface area (Å²) in [7, 11) is 0. The molecule has 3 aromatic rings. The van der Waals surface area contributed by atoms with E-state index in [1.54, 1.807) is 24.3 Å². The molecule has 1 heterocycles. The number of benzene rings is 2. The lowest BCUT2D eigenvalue weighted by molar-refractivity contribution is -0.138. The summed E-state index contributed by atoms with van der Waals surface area (Å²) in [5.74, 6) is -2.12. The zero-order valence-corrected chi connectivity index (χ0v) is 13.6. The number of amides is 1. The maximum atomic E-state index is 13.1. The first kappa shape index (κ1) is 17.9. The van der Waals surface area contributed by atoms with E-state index in [9.17, 15) is 22.4 Å². The molecule has 0 aliphatic heterocycles. The van der Waals surface area contributed by atoms with Gasteiger partial charge in [-0.3, -0.25) is 4.79 Å². The highest BCUT2D eigenvalue weighted by Gasteiger charge is 2.35. The molecule has 0 spiro atoms. The van der Waals surface area contributed by atoms with Crippen molar-refractivity contribution in [2.75, 3.05) is 5.32 Å². The average Bonchev–Trinajstić information content (AvgIpc) is 3.02. The van der Waals surface area contributed by atoms with E-state index < -0.39 is 29.0 Å². The third-order valence-electron chi connectivity index (χ3n) is 3.46. The Kier molecular flexibility index (Phi) is 4.69. The van der Waals surface area contributed by atoms with Crippen LogP contribution in [-0.4, -0.2) is 15.7 Å². The number of hydrogen-bond acceptors (Lipinski definition) is 2. The first-order chi connectivity index (χ1) is 12.3. The van der Waals surface area contributed by atoms with E-state index in [0.717, 1.165) is 12.1 Å². The Morgan fingerprint density at radius 1 is 1.12 bits per heavy atom. The van der Waals surface area contributed by atoms with E-state index in [4.69, 9.17) is 11.6 Å². The van der Waals surface area contributed by atoms with Gasteiger partial charge in [0.2, 0.25) is 0 Å². The molecule has 0 aliphatic carbocycles. The molecule has 1 N–H and O–H groups in total. The molecule has 0 saturated heterocycles. The molecule has 4 nitrogen and oxygen atoms in total. The molecule has 1 amide bonds. The van der Waals surface area contributed by atoms with Crippen molar-refractivity contribution in [2.45, 2.75) is 6.18 Å². The number of carbonyl (C=O) groups excluding carboxylic acids is 1. The number of nitrogens with one attached hydrogen (secondary N) is 1. The molecule has 0 atom stereocenters. The quantitative estimate of drug-likeness (QED) is 0.651. The van der Waals surface area contributed by atoms with Gasteiger partial charge in [0.25, 0.3) is 5.91 Å². The Labute approximate surface area is 150 Å². The van der Waals surface area contributed by atoms with Crippen molar-refractivity contribution in [1.29, 1.82) is 0 Å². The van der Waals surface area contributed by atoms with Gasteiger partial charge >= 0.3 is 6.18 Å². The summed E-state index contributed by atoms with van der Waals surface area (Å²) in [6.07, 6.45) is -3.38. The first-order valence-corrected chi connectivity index (χ1v) is 7.62. The molecule has 0 aliphatic rings. The standard InChI is InChI=1S/C17H10ClF4N3O/c18-13-3-1-2-4-14(13)25-8-7-15(24-25)23-16(26)11-6-5-10(19)9-12(11)17(20,21)22/h1-9H,(H,23,24,26). The van der Waals surface area contributed by atoms with E-state index in [1.807, 2.05) is 0 Å². The van der Waals surface area contributed by atoms with Crippen LogP contribution >= 0.6 is 11.6 Å². The normalized spacial score (nSPS) is 11.4. The number of hydrogen-bond donors (Lipinski definition) is 1. The number of anilines is 1. The van der Waals surface area contributed by atoms with E-state index in [2.05, 4.69) is 10.4 Å². The van der Waals surface area contributed by atoms with Crippen LogP contribution in [0.25, 0.3) is 5.69 Å². The Morgan fingerprint density at radius 3 is 2.54 bits per heavy atom. The van der Waals surface area contributed by atoms with Gasteiger partial charge in [0.15, 0.2) is 5.82 Å². The summed E-state index contributed by atoms with van der Waals surface area (Å²) >= 11 is 6.05. The van der Waals surface area contributed by atoms with Gasteiger partial charge in [-0.1, -0.05) is 23.7 Å². The van der Waals surface area contributed by atoms with Crippen LogP contribution in [0.3, 0.4) is 0 Å². The monoisotopic (exact) mass is 383 g/mol. The van der Waals surface area contributed by atoms with Gasteiger partial charge in [-0.25, -0.2) is 9.07 Å². The molecule has 0 saturated carbocycles. The Morgan fingerprint density at radius 2 is 1.85 bits per heavy atom. The first-order valence-electron chi connectivity index (χ1n) is 7.24. The Balaban J connectivity index is 1.87. The fourth-order valence-electron chi connectivity index (χ4n) is 2.29. The number of aromatic nitrogens is 2. The van der Waals surface area contributed by atoms with Crippen molar-refractivity contribution >= 4 is 23.3 Å². The Bertz CT molecular complexity index is 969. The van der Waals surface area contributed by atoms with E-state index in [-0.39, 0.29) is 11.9 Å². The van der Waals surface area contributed by atoms with Gasteiger partial charge in [-0.05, 0) is 30.3 Å². The van der Waals surface area contributed by atoms with Gasteiger partial charge in [0.05, 0.1) is 21.8 Å². The predicted molar refractivity (Wildman–Crippen MR) is 87.9 cm³/mol. The van der Waals surface area contributed by atoms with Gasteiger partial charge in [0.1, 0.15) is 5.82 Å². The zero-order valence-electron chi connectivity index (χ0n) is 12.9. The summed E-state index contributed by atoms with van der Waals surface area (Å²) in [5, 5.41) is 6.73. The van der Waals surface area contributed by atoms with Crippen LogP contribution < -0.4 is 5.32 Å². The maximum absolute atomic E-state index is 13.1.